The molecule has 0 fully saturated rings. The first-order valence-corrected chi connectivity index (χ1v) is 8.39. The van der Waals surface area contributed by atoms with Gasteiger partial charge in [0.25, 0.3) is 0 Å². The van der Waals surface area contributed by atoms with Crippen LogP contribution in [0.3, 0.4) is 0 Å². The highest BCUT2D eigenvalue weighted by Crippen LogP contribution is 2.26. The summed E-state index contributed by atoms with van der Waals surface area (Å²) in [5.41, 5.74) is 2.84. The molecule has 5 heteroatoms. The number of carbonyl (C=O) groups is 1. The standard InChI is InChI=1S/C21H21FN2O2/c1-13-12-15(9-10-17(13)24-20(25)26-21(2,3)4)18-11-8-14-6-5-7-16(22)19(14)23-18/h5-12H,1-4H3,(H,24,25). The van der Waals surface area contributed by atoms with Crippen LogP contribution >= 0.6 is 0 Å². The van der Waals surface area contributed by atoms with Crippen LogP contribution in [0.15, 0.2) is 48.5 Å². The fourth-order valence-electron chi connectivity index (χ4n) is 2.65. The van der Waals surface area contributed by atoms with Crippen molar-refractivity contribution < 1.29 is 13.9 Å². The third-order valence-electron chi connectivity index (χ3n) is 3.83. The van der Waals surface area contributed by atoms with Crippen molar-refractivity contribution in [1.82, 2.24) is 4.98 Å². The van der Waals surface area contributed by atoms with Crippen molar-refractivity contribution in [1.29, 1.82) is 0 Å². The molecule has 2 aromatic carbocycles. The van der Waals surface area contributed by atoms with Gasteiger partial charge in [-0.15, -0.1) is 0 Å². The van der Waals surface area contributed by atoms with Gasteiger partial charge in [-0.3, -0.25) is 5.32 Å². The molecule has 0 radical (unpaired) electrons. The van der Waals surface area contributed by atoms with Crippen LogP contribution in [0.2, 0.25) is 0 Å². The molecule has 1 aromatic heterocycles. The molecule has 0 spiro atoms. The quantitative estimate of drug-likeness (QED) is 0.644. The Labute approximate surface area is 152 Å². The summed E-state index contributed by atoms with van der Waals surface area (Å²) in [5, 5.41) is 3.50. The number of fused-ring (bicyclic) bond motifs is 1. The summed E-state index contributed by atoms with van der Waals surface area (Å²) in [5.74, 6) is -0.343. The fraction of sp³-hybridized carbons (Fsp3) is 0.238. The van der Waals surface area contributed by atoms with Crippen LogP contribution in [-0.4, -0.2) is 16.7 Å². The van der Waals surface area contributed by atoms with Crippen molar-refractivity contribution in [3.8, 4) is 11.3 Å². The van der Waals surface area contributed by atoms with Gasteiger partial charge in [-0.1, -0.05) is 24.3 Å². The molecule has 0 saturated carbocycles. The number of aryl methyl sites for hydroxylation is 1. The van der Waals surface area contributed by atoms with Gasteiger partial charge in [0.05, 0.1) is 5.69 Å². The molecule has 0 aliphatic rings. The van der Waals surface area contributed by atoms with Gasteiger partial charge in [-0.2, -0.15) is 0 Å². The van der Waals surface area contributed by atoms with E-state index >= 15 is 0 Å². The van der Waals surface area contributed by atoms with E-state index in [2.05, 4.69) is 10.3 Å². The lowest BCUT2D eigenvalue weighted by Crippen LogP contribution is -2.27. The van der Waals surface area contributed by atoms with E-state index in [0.717, 1.165) is 16.5 Å². The van der Waals surface area contributed by atoms with Crippen LogP contribution in [0.1, 0.15) is 26.3 Å². The monoisotopic (exact) mass is 352 g/mol. The predicted octanol–water partition coefficient (Wildman–Crippen LogP) is 5.70. The number of carbonyl (C=O) groups excluding carboxylic acids is 1. The number of nitrogens with one attached hydrogen (secondary N) is 1. The Kier molecular flexibility index (Phi) is 4.64. The normalized spacial score (nSPS) is 11.4. The predicted molar refractivity (Wildman–Crippen MR) is 102 cm³/mol. The summed E-state index contributed by atoms with van der Waals surface area (Å²) in [6, 6.07) is 14.1. The smallest absolute Gasteiger partial charge is 0.412 e. The number of anilines is 1. The molecular weight excluding hydrogens is 331 g/mol. The second kappa shape index (κ2) is 6.75. The van der Waals surface area contributed by atoms with Gasteiger partial charge in [0.15, 0.2) is 0 Å². The molecule has 134 valence electrons. The summed E-state index contributed by atoms with van der Waals surface area (Å²) in [4.78, 5) is 16.4. The first kappa shape index (κ1) is 17.9. The third-order valence-corrected chi connectivity index (χ3v) is 3.83. The van der Waals surface area contributed by atoms with Crippen LogP contribution in [0.5, 0.6) is 0 Å². The lowest BCUT2D eigenvalue weighted by atomic mass is 10.1. The van der Waals surface area contributed by atoms with Gasteiger partial charge in [0.2, 0.25) is 0 Å². The summed E-state index contributed by atoms with van der Waals surface area (Å²) < 4.78 is 19.2. The van der Waals surface area contributed by atoms with Gasteiger partial charge in [0.1, 0.15) is 16.9 Å². The molecule has 0 aliphatic heterocycles. The Morgan fingerprint density at radius 3 is 2.58 bits per heavy atom. The SMILES string of the molecule is Cc1cc(-c2ccc3cccc(F)c3n2)ccc1NC(=O)OC(C)(C)C. The molecule has 3 aromatic rings. The fourth-order valence-corrected chi connectivity index (χ4v) is 2.65. The molecule has 26 heavy (non-hydrogen) atoms. The minimum absolute atomic E-state index is 0.343. The second-order valence-electron chi connectivity index (χ2n) is 7.16. The first-order valence-electron chi connectivity index (χ1n) is 8.39. The average molecular weight is 352 g/mol. The molecule has 4 nitrogen and oxygen atoms in total. The van der Waals surface area contributed by atoms with Gasteiger partial charge < -0.3 is 4.74 Å². The molecule has 0 atom stereocenters. The Balaban J connectivity index is 1.88. The Hall–Kier alpha value is -2.95. The van der Waals surface area contributed by atoms with Crippen LogP contribution in [0.4, 0.5) is 14.9 Å². The average Bonchev–Trinajstić information content (AvgIpc) is 2.55. The largest absolute Gasteiger partial charge is 0.444 e. The van der Waals surface area contributed by atoms with Crippen LogP contribution < -0.4 is 5.32 Å². The number of amides is 1. The number of para-hydroxylation sites is 1. The van der Waals surface area contributed by atoms with E-state index in [4.69, 9.17) is 4.74 Å². The Bertz CT molecular complexity index is 977. The van der Waals surface area contributed by atoms with Crippen molar-refractivity contribution >= 4 is 22.7 Å². The van der Waals surface area contributed by atoms with Crippen molar-refractivity contribution in [2.45, 2.75) is 33.3 Å². The molecular formula is C21H21FN2O2. The van der Waals surface area contributed by atoms with Crippen molar-refractivity contribution in [2.24, 2.45) is 0 Å². The maximum absolute atomic E-state index is 14.0. The van der Waals surface area contributed by atoms with E-state index in [0.29, 0.717) is 16.9 Å². The number of benzene rings is 2. The molecule has 1 heterocycles. The number of pyridine rings is 1. The molecule has 0 unspecified atom stereocenters. The van der Waals surface area contributed by atoms with E-state index < -0.39 is 11.7 Å². The topological polar surface area (TPSA) is 51.2 Å². The van der Waals surface area contributed by atoms with E-state index in [1.807, 2.05) is 58.0 Å². The van der Waals surface area contributed by atoms with Crippen LogP contribution in [-0.2, 0) is 4.74 Å². The zero-order valence-electron chi connectivity index (χ0n) is 15.3. The van der Waals surface area contributed by atoms with Crippen LogP contribution in [0.25, 0.3) is 22.2 Å². The maximum atomic E-state index is 14.0. The van der Waals surface area contributed by atoms with E-state index in [1.54, 1.807) is 12.1 Å². The molecule has 0 bridgehead atoms. The minimum Gasteiger partial charge on any atom is -0.444 e. The van der Waals surface area contributed by atoms with Crippen molar-refractivity contribution in [3.63, 3.8) is 0 Å². The number of ether oxygens (including phenoxy) is 1. The summed E-state index contributed by atoms with van der Waals surface area (Å²) in [6.07, 6.45) is -0.501. The Morgan fingerprint density at radius 1 is 1.12 bits per heavy atom. The number of hydrogen-bond donors (Lipinski definition) is 1. The summed E-state index contributed by atoms with van der Waals surface area (Å²) >= 11 is 0. The molecule has 3 rings (SSSR count). The highest BCUT2D eigenvalue weighted by molar-refractivity contribution is 5.87. The minimum atomic E-state index is -0.559. The van der Waals surface area contributed by atoms with Crippen molar-refractivity contribution in [2.75, 3.05) is 5.32 Å². The molecule has 1 N–H and O–H groups in total. The third kappa shape index (κ3) is 3.99. The molecule has 0 aliphatic carbocycles. The second-order valence-corrected chi connectivity index (χ2v) is 7.16. The van der Waals surface area contributed by atoms with Crippen molar-refractivity contribution in [3.05, 3.63) is 59.9 Å². The lowest BCUT2D eigenvalue weighted by molar-refractivity contribution is 0.0636. The maximum Gasteiger partial charge on any atom is 0.412 e. The highest BCUT2D eigenvalue weighted by atomic mass is 19.1. The number of aromatic nitrogens is 1. The number of hydrogen-bond acceptors (Lipinski definition) is 3. The molecule has 1 amide bonds. The van der Waals surface area contributed by atoms with E-state index in [-0.39, 0.29) is 5.82 Å². The highest BCUT2D eigenvalue weighted by Gasteiger charge is 2.17. The summed E-state index contributed by atoms with van der Waals surface area (Å²) in [6.45, 7) is 7.32. The summed E-state index contributed by atoms with van der Waals surface area (Å²) in [7, 11) is 0. The van der Waals surface area contributed by atoms with Crippen LogP contribution in [0, 0.1) is 12.7 Å². The zero-order valence-corrected chi connectivity index (χ0v) is 15.3. The van der Waals surface area contributed by atoms with Gasteiger partial charge in [-0.25, -0.2) is 14.2 Å². The molecule has 0 saturated heterocycles. The van der Waals surface area contributed by atoms with Gasteiger partial charge in [0, 0.05) is 16.6 Å². The van der Waals surface area contributed by atoms with Gasteiger partial charge in [-0.05, 0) is 57.5 Å². The van der Waals surface area contributed by atoms with E-state index in [9.17, 15) is 9.18 Å². The van der Waals surface area contributed by atoms with E-state index in [1.165, 1.54) is 6.07 Å². The van der Waals surface area contributed by atoms with Gasteiger partial charge >= 0.3 is 6.09 Å². The Morgan fingerprint density at radius 2 is 1.88 bits per heavy atom. The first-order chi connectivity index (χ1) is 12.2. The number of halogens is 1. The number of rotatable bonds is 2. The lowest BCUT2D eigenvalue weighted by Gasteiger charge is -2.20. The zero-order chi connectivity index (χ0) is 18.9. The number of nitrogens with zero attached hydrogens (tertiary/aromatic N) is 1.